The van der Waals surface area contributed by atoms with Gasteiger partial charge in [0.1, 0.15) is 23.1 Å². The quantitative estimate of drug-likeness (QED) is 0.183. The molecule has 1 saturated heterocycles. The number of anilines is 1. The van der Waals surface area contributed by atoms with Crippen LogP contribution in [0.25, 0.3) is 28.0 Å². The highest BCUT2D eigenvalue weighted by Gasteiger charge is 2.59. The Bertz CT molecular complexity index is 2340. The van der Waals surface area contributed by atoms with E-state index in [-0.39, 0.29) is 11.2 Å². The molecule has 52 heavy (non-hydrogen) atoms. The molecule has 1 spiro atoms. The molecule has 4 atom stereocenters. The van der Waals surface area contributed by atoms with Crippen molar-refractivity contribution in [1.29, 1.82) is 5.26 Å². The monoisotopic (exact) mass is 690 g/mol. The average Bonchev–Trinajstić information content (AvgIpc) is 3.90. The van der Waals surface area contributed by atoms with E-state index in [0.29, 0.717) is 30.6 Å². The molecule has 0 N–H and O–H groups in total. The van der Waals surface area contributed by atoms with Gasteiger partial charge in [-0.05, 0) is 113 Å². The number of halogens is 1. The molecule has 3 fully saturated rings. The lowest BCUT2D eigenvalue weighted by atomic mass is 9.65. The number of hydrogen-bond donors (Lipinski definition) is 0. The molecule has 4 unspecified atom stereocenters. The zero-order valence-corrected chi connectivity index (χ0v) is 29.4. The first-order valence-corrected chi connectivity index (χ1v) is 18.4. The van der Waals surface area contributed by atoms with E-state index >= 15 is 0 Å². The van der Waals surface area contributed by atoms with Crippen LogP contribution in [0.15, 0.2) is 84.9 Å². The number of nitrogens with zero attached hydrogens (tertiary/aromatic N) is 2. The summed E-state index contributed by atoms with van der Waals surface area (Å²) < 4.78 is 39.5. The van der Waals surface area contributed by atoms with Crippen molar-refractivity contribution in [2.24, 2.45) is 11.8 Å². The first kappa shape index (κ1) is 31.4. The third-order valence-corrected chi connectivity index (χ3v) is 12.7. The molecule has 260 valence electrons. The summed E-state index contributed by atoms with van der Waals surface area (Å²) in [5.41, 5.74) is 8.34. The van der Waals surface area contributed by atoms with Gasteiger partial charge in [-0.3, -0.25) is 0 Å². The third-order valence-electron chi connectivity index (χ3n) is 12.7. The van der Waals surface area contributed by atoms with Crippen LogP contribution >= 0.6 is 0 Å². The largest absolute Gasteiger partial charge is 0.497 e. The van der Waals surface area contributed by atoms with Gasteiger partial charge in [0.05, 0.1) is 44.8 Å². The zero-order valence-electron chi connectivity index (χ0n) is 29.4. The fraction of sp³-hybridized carbons (Fsp3) is 0.311. The van der Waals surface area contributed by atoms with Crippen LogP contribution in [0.2, 0.25) is 0 Å². The van der Waals surface area contributed by atoms with Gasteiger partial charge in [0, 0.05) is 40.6 Å². The highest BCUT2D eigenvalue weighted by molar-refractivity contribution is 6.10. The van der Waals surface area contributed by atoms with Crippen LogP contribution in [0, 0.1) is 29.0 Å². The molecule has 2 aliphatic heterocycles. The summed E-state index contributed by atoms with van der Waals surface area (Å²) in [6.07, 6.45) is 9.09. The van der Waals surface area contributed by atoms with Crippen molar-refractivity contribution in [3.8, 4) is 34.4 Å². The first-order valence-electron chi connectivity index (χ1n) is 18.4. The second kappa shape index (κ2) is 11.6. The number of hydrogen-bond acceptors (Lipinski definition) is 6. The molecule has 6 nitrogen and oxygen atoms in total. The summed E-state index contributed by atoms with van der Waals surface area (Å²) in [5, 5.41) is 12.2. The molecule has 2 heterocycles. The highest BCUT2D eigenvalue weighted by Crippen LogP contribution is 2.69. The van der Waals surface area contributed by atoms with Crippen LogP contribution in [0.3, 0.4) is 0 Å². The van der Waals surface area contributed by atoms with Crippen molar-refractivity contribution in [1.82, 2.24) is 0 Å². The number of benzene rings is 5. The molecule has 10 rings (SSSR count). The molecule has 0 aromatic heterocycles. The van der Waals surface area contributed by atoms with Crippen LogP contribution in [0.5, 0.6) is 17.2 Å². The van der Waals surface area contributed by atoms with Crippen LogP contribution in [-0.2, 0) is 15.8 Å². The van der Waals surface area contributed by atoms with E-state index in [9.17, 15) is 9.65 Å². The first-order chi connectivity index (χ1) is 25.5. The maximum absolute atomic E-state index is 14.5. The van der Waals surface area contributed by atoms with Crippen molar-refractivity contribution < 1.29 is 23.3 Å². The van der Waals surface area contributed by atoms with Gasteiger partial charge in [0.2, 0.25) is 0 Å². The van der Waals surface area contributed by atoms with Gasteiger partial charge in [-0.25, -0.2) is 4.39 Å². The highest BCUT2D eigenvalue weighted by atomic mass is 19.1. The van der Waals surface area contributed by atoms with Crippen molar-refractivity contribution in [2.45, 2.75) is 36.7 Å². The second-order valence-electron chi connectivity index (χ2n) is 15.0. The number of rotatable bonds is 5. The fourth-order valence-corrected chi connectivity index (χ4v) is 10.4. The molecule has 5 aliphatic rings. The zero-order chi connectivity index (χ0) is 35.2. The topological polar surface area (TPSA) is 64.0 Å². The molecule has 2 saturated carbocycles. The average molecular weight is 691 g/mol. The van der Waals surface area contributed by atoms with Crippen LogP contribution in [0.1, 0.15) is 59.1 Å². The van der Waals surface area contributed by atoms with Gasteiger partial charge in [-0.2, -0.15) is 5.26 Å². The predicted molar refractivity (Wildman–Crippen MR) is 200 cm³/mol. The van der Waals surface area contributed by atoms with E-state index in [1.54, 1.807) is 14.2 Å². The molecule has 5 aromatic carbocycles. The van der Waals surface area contributed by atoms with Gasteiger partial charge in [-0.15, -0.1) is 0 Å². The number of methoxy groups -OCH3 is 2. The van der Waals surface area contributed by atoms with Crippen LogP contribution in [-0.4, -0.2) is 40.5 Å². The standard InChI is InChI=1S/C45H39FN2O4/c1-49-33-12-8-30(9-13-33)45(29-6-10-32(46)11-7-29)16-15-35-42-41(34-14-4-28(26-47)22-38(34)44(42)25-27-3-5-31(44)21-27)36-23-39(48-17-19-51-20-18-48)40(50-2)24-37(36)43(35)52-45/h4,6-16,22-24,27,31H,3,5,17-21,25H2,1-2H3. The van der Waals surface area contributed by atoms with Crippen LogP contribution in [0.4, 0.5) is 10.1 Å². The lowest BCUT2D eigenvalue weighted by Gasteiger charge is -2.41. The molecule has 0 radical (unpaired) electrons. The van der Waals surface area contributed by atoms with E-state index in [0.717, 1.165) is 69.9 Å². The van der Waals surface area contributed by atoms with E-state index < -0.39 is 5.60 Å². The summed E-state index contributed by atoms with van der Waals surface area (Å²) in [5.74, 6) is 3.13. The molecule has 2 bridgehead atoms. The summed E-state index contributed by atoms with van der Waals surface area (Å²) in [6, 6.07) is 27.8. The van der Waals surface area contributed by atoms with Crippen molar-refractivity contribution in [3.63, 3.8) is 0 Å². The van der Waals surface area contributed by atoms with E-state index in [4.69, 9.17) is 18.9 Å². The Labute approximate surface area is 303 Å². The van der Waals surface area contributed by atoms with Crippen molar-refractivity contribution in [2.75, 3.05) is 45.4 Å². The van der Waals surface area contributed by atoms with Gasteiger partial charge >= 0.3 is 0 Å². The van der Waals surface area contributed by atoms with Crippen molar-refractivity contribution in [3.05, 3.63) is 124 Å². The summed E-state index contributed by atoms with van der Waals surface area (Å²) in [6.45, 7) is 2.86. The van der Waals surface area contributed by atoms with E-state index in [2.05, 4.69) is 47.4 Å². The number of fused-ring (bicyclic) bond motifs is 13. The lowest BCUT2D eigenvalue weighted by Crippen LogP contribution is -2.37. The summed E-state index contributed by atoms with van der Waals surface area (Å²) >= 11 is 0. The minimum Gasteiger partial charge on any atom is -0.497 e. The molecular weight excluding hydrogens is 652 g/mol. The second-order valence-corrected chi connectivity index (χ2v) is 15.0. The van der Waals surface area contributed by atoms with E-state index in [1.807, 2.05) is 42.5 Å². The minimum atomic E-state index is -1.05. The van der Waals surface area contributed by atoms with Gasteiger partial charge < -0.3 is 23.8 Å². The van der Waals surface area contributed by atoms with Gasteiger partial charge in [0.25, 0.3) is 0 Å². The number of nitriles is 1. The molecule has 0 amide bonds. The Kier molecular flexibility index (Phi) is 7.01. The van der Waals surface area contributed by atoms with Gasteiger partial charge in [0.15, 0.2) is 5.60 Å². The van der Waals surface area contributed by atoms with Gasteiger partial charge in [-0.1, -0.05) is 42.8 Å². The maximum atomic E-state index is 14.5. The number of ether oxygens (including phenoxy) is 4. The molecule has 7 heteroatoms. The Morgan fingerprint density at radius 1 is 0.885 bits per heavy atom. The third kappa shape index (κ3) is 4.31. The Hall–Kier alpha value is -5.32. The summed E-state index contributed by atoms with van der Waals surface area (Å²) in [7, 11) is 3.39. The normalized spacial score (nSPS) is 25.1. The molecular formula is C45H39FN2O4. The molecule has 5 aromatic rings. The smallest absolute Gasteiger partial charge is 0.178 e. The Balaban J connectivity index is 1.31. The fourth-order valence-electron chi connectivity index (χ4n) is 10.4. The summed E-state index contributed by atoms with van der Waals surface area (Å²) in [4.78, 5) is 2.36. The van der Waals surface area contributed by atoms with Crippen LogP contribution < -0.4 is 19.1 Å². The lowest BCUT2D eigenvalue weighted by molar-refractivity contribution is 0.122. The Morgan fingerprint density at radius 3 is 2.33 bits per heavy atom. The maximum Gasteiger partial charge on any atom is 0.178 e. The van der Waals surface area contributed by atoms with E-state index in [1.165, 1.54) is 53.6 Å². The Morgan fingerprint density at radius 2 is 1.65 bits per heavy atom. The van der Waals surface area contributed by atoms with Crippen molar-refractivity contribution >= 4 is 22.5 Å². The SMILES string of the molecule is COc1ccc(C2(c3ccc(F)cc3)C=Cc3c4c(c5cc(N6CCOCC6)c(OC)cc5c3O2)-c2ccc(C#N)cc2C42CC3CCC2C3)cc1. The molecule has 3 aliphatic carbocycles. The predicted octanol–water partition coefficient (Wildman–Crippen LogP) is 9.14. The minimum absolute atomic E-state index is 0.221. The number of morpholine rings is 1.